The molecule has 0 aliphatic carbocycles. The second-order valence-electron chi connectivity index (χ2n) is 11.1. The minimum Gasteiger partial charge on any atom is -0.462 e. The van der Waals surface area contributed by atoms with Gasteiger partial charge < -0.3 is 15.2 Å². The van der Waals surface area contributed by atoms with Crippen molar-refractivity contribution in [3.05, 3.63) is 0 Å². The first kappa shape index (κ1) is 32.4. The van der Waals surface area contributed by atoms with Gasteiger partial charge in [0.05, 0.1) is 5.92 Å². The molecular weight excluding hydrogens is 454 g/mol. The zero-order chi connectivity index (χ0) is 26.8. The zero-order valence-electron chi connectivity index (χ0n) is 23.7. The van der Waals surface area contributed by atoms with Crippen molar-refractivity contribution in [2.45, 2.75) is 155 Å². The summed E-state index contributed by atoms with van der Waals surface area (Å²) in [5, 5.41) is 0. The number of carbonyl (C=O) groups excluding carboxylic acids is 3. The van der Waals surface area contributed by atoms with Gasteiger partial charge in [-0.15, -0.1) is 0 Å². The average Bonchev–Trinajstić information content (AvgIpc) is 2.80. The number of rotatable bonds is 23. The molecule has 6 heteroatoms. The molecule has 1 aliphatic heterocycles. The summed E-state index contributed by atoms with van der Waals surface area (Å²) in [7, 11) is 0. The quantitative estimate of drug-likeness (QED) is 0.0888. The molecule has 1 saturated heterocycles. The third kappa shape index (κ3) is 13.1. The predicted molar refractivity (Wildman–Crippen MR) is 145 cm³/mol. The number of nitrogens with two attached hydrogens (primary N) is 1. The van der Waals surface area contributed by atoms with Gasteiger partial charge in [-0.05, 0) is 25.2 Å². The van der Waals surface area contributed by atoms with Crippen molar-refractivity contribution in [3.8, 4) is 0 Å². The Bertz CT molecular complexity index is 620. The van der Waals surface area contributed by atoms with E-state index in [0.29, 0.717) is 6.42 Å². The fourth-order valence-electron chi connectivity index (χ4n) is 5.22. The monoisotopic (exact) mass is 509 g/mol. The molecule has 6 nitrogen and oxygen atoms in total. The van der Waals surface area contributed by atoms with E-state index in [0.717, 1.165) is 25.7 Å². The van der Waals surface area contributed by atoms with Gasteiger partial charge in [-0.1, -0.05) is 118 Å². The lowest BCUT2D eigenvalue weighted by Gasteiger charge is -2.36. The summed E-state index contributed by atoms with van der Waals surface area (Å²) in [5.41, 5.74) is 5.44. The molecule has 0 bridgehead atoms. The van der Waals surface area contributed by atoms with Crippen LogP contribution in [0, 0.1) is 17.8 Å². The fourth-order valence-corrected chi connectivity index (χ4v) is 5.22. The van der Waals surface area contributed by atoms with Gasteiger partial charge >= 0.3 is 11.9 Å². The van der Waals surface area contributed by atoms with Crippen molar-refractivity contribution >= 4 is 17.8 Å². The maximum absolute atomic E-state index is 12.7. The van der Waals surface area contributed by atoms with Gasteiger partial charge in [0.1, 0.15) is 18.1 Å². The van der Waals surface area contributed by atoms with Crippen LogP contribution >= 0.6 is 0 Å². The van der Waals surface area contributed by atoms with E-state index >= 15 is 0 Å². The molecule has 1 rings (SSSR count). The van der Waals surface area contributed by atoms with Crippen LogP contribution in [0.15, 0.2) is 0 Å². The summed E-state index contributed by atoms with van der Waals surface area (Å²) in [6.07, 6.45) is 20.9. The maximum Gasteiger partial charge on any atom is 0.319 e. The smallest absolute Gasteiger partial charge is 0.319 e. The van der Waals surface area contributed by atoms with Gasteiger partial charge in [0.25, 0.3) is 0 Å². The number of carbonyl (C=O) groups is 3. The Balaban J connectivity index is 2.25. The van der Waals surface area contributed by atoms with E-state index in [1.807, 2.05) is 6.92 Å². The molecule has 4 atom stereocenters. The number of cyclic esters (lactones) is 1. The van der Waals surface area contributed by atoms with Gasteiger partial charge in [0.2, 0.25) is 5.91 Å². The molecule has 0 radical (unpaired) electrons. The van der Waals surface area contributed by atoms with Gasteiger partial charge in [-0.25, -0.2) is 0 Å². The second-order valence-corrected chi connectivity index (χ2v) is 11.1. The third-order valence-corrected chi connectivity index (χ3v) is 7.59. The van der Waals surface area contributed by atoms with Crippen LogP contribution in [0.1, 0.15) is 143 Å². The molecule has 0 aromatic carbocycles. The highest BCUT2D eigenvalue weighted by atomic mass is 16.6. The fraction of sp³-hybridized carbons (Fsp3) is 0.900. The first-order valence-electron chi connectivity index (χ1n) is 15.0. The summed E-state index contributed by atoms with van der Waals surface area (Å²) in [5.74, 6) is -2.66. The predicted octanol–water partition coefficient (Wildman–Crippen LogP) is 7.26. The van der Waals surface area contributed by atoms with Gasteiger partial charge in [-0.3, -0.25) is 14.4 Å². The first-order chi connectivity index (χ1) is 17.3. The van der Waals surface area contributed by atoms with Gasteiger partial charge in [-0.2, -0.15) is 0 Å². The standard InChI is InChI=1S/C30H55NO5/c1-5-7-8-9-10-11-12-13-14-15-16-17-18-19-20-21-24(22-26-25(6-2)29(33)36-26)35-30(34)27(23(3)4)28(31)32/h23-27H,5-22H2,1-4H3,(H2,31,32)/t24-,25+,26+,27-/m0/s1. The summed E-state index contributed by atoms with van der Waals surface area (Å²) < 4.78 is 11.1. The molecule has 36 heavy (non-hydrogen) atoms. The normalized spacial score (nSPS) is 19.0. The average molecular weight is 510 g/mol. The molecule has 0 unspecified atom stereocenters. The van der Waals surface area contributed by atoms with E-state index < -0.39 is 17.8 Å². The summed E-state index contributed by atoms with van der Waals surface area (Å²) in [4.78, 5) is 36.1. The Kier molecular flexibility index (Phi) is 17.6. The van der Waals surface area contributed by atoms with E-state index in [2.05, 4.69) is 6.92 Å². The van der Waals surface area contributed by atoms with E-state index in [1.165, 1.54) is 83.5 Å². The zero-order valence-corrected chi connectivity index (χ0v) is 23.7. The largest absolute Gasteiger partial charge is 0.462 e. The first-order valence-corrected chi connectivity index (χ1v) is 15.0. The topological polar surface area (TPSA) is 95.7 Å². The molecule has 210 valence electrons. The Hall–Kier alpha value is -1.59. The van der Waals surface area contributed by atoms with Gasteiger partial charge in [0, 0.05) is 6.42 Å². The lowest BCUT2D eigenvalue weighted by atomic mass is 9.88. The lowest BCUT2D eigenvalue weighted by molar-refractivity contribution is -0.190. The molecule has 0 saturated carbocycles. The van der Waals surface area contributed by atoms with Crippen LogP contribution < -0.4 is 5.73 Å². The number of hydrogen-bond acceptors (Lipinski definition) is 5. The molecule has 1 aliphatic rings. The van der Waals surface area contributed by atoms with Crippen LogP contribution in [0.3, 0.4) is 0 Å². The number of hydrogen-bond donors (Lipinski definition) is 1. The third-order valence-electron chi connectivity index (χ3n) is 7.59. The van der Waals surface area contributed by atoms with Crippen LogP contribution in [0.5, 0.6) is 0 Å². The molecule has 1 heterocycles. The van der Waals surface area contributed by atoms with Crippen LogP contribution in [-0.2, 0) is 23.9 Å². The molecule has 1 amide bonds. The highest BCUT2D eigenvalue weighted by molar-refractivity contribution is 5.97. The number of primary amides is 1. The molecule has 0 aromatic rings. The Morgan fingerprint density at radius 3 is 1.69 bits per heavy atom. The number of esters is 2. The molecular formula is C30H55NO5. The highest BCUT2D eigenvalue weighted by Crippen LogP contribution is 2.31. The number of unbranched alkanes of at least 4 members (excludes halogenated alkanes) is 14. The van der Waals surface area contributed by atoms with Crippen molar-refractivity contribution < 1.29 is 23.9 Å². The van der Waals surface area contributed by atoms with E-state index in [-0.39, 0.29) is 30.0 Å². The summed E-state index contributed by atoms with van der Waals surface area (Å²) >= 11 is 0. The minimum atomic E-state index is -0.945. The Morgan fingerprint density at radius 1 is 0.833 bits per heavy atom. The summed E-state index contributed by atoms with van der Waals surface area (Å²) in [6.45, 7) is 7.82. The Labute approximate surface area is 220 Å². The van der Waals surface area contributed by atoms with Crippen LogP contribution in [-0.4, -0.2) is 30.1 Å². The minimum absolute atomic E-state index is 0.121. The SMILES string of the molecule is CCCCCCCCCCCCCCCCC[C@@H](C[C@H]1OC(=O)[C@@H]1CC)OC(=O)[C@H](C(N)=O)C(C)C. The molecule has 1 fully saturated rings. The van der Waals surface area contributed by atoms with E-state index in [1.54, 1.807) is 13.8 Å². The van der Waals surface area contributed by atoms with Crippen LogP contribution in [0.4, 0.5) is 0 Å². The Morgan fingerprint density at radius 2 is 1.31 bits per heavy atom. The van der Waals surface area contributed by atoms with Crippen molar-refractivity contribution in [1.29, 1.82) is 0 Å². The highest BCUT2D eigenvalue weighted by Gasteiger charge is 2.43. The number of amides is 1. The maximum atomic E-state index is 12.7. The summed E-state index contributed by atoms with van der Waals surface area (Å²) in [6, 6.07) is 0. The molecule has 0 spiro atoms. The van der Waals surface area contributed by atoms with Crippen LogP contribution in [0.2, 0.25) is 0 Å². The van der Waals surface area contributed by atoms with E-state index in [9.17, 15) is 14.4 Å². The van der Waals surface area contributed by atoms with Crippen molar-refractivity contribution in [2.75, 3.05) is 0 Å². The van der Waals surface area contributed by atoms with Gasteiger partial charge in [0.15, 0.2) is 0 Å². The lowest BCUT2D eigenvalue weighted by Crippen LogP contribution is -2.47. The second kappa shape index (κ2) is 19.5. The van der Waals surface area contributed by atoms with Crippen molar-refractivity contribution in [2.24, 2.45) is 23.5 Å². The van der Waals surface area contributed by atoms with Crippen molar-refractivity contribution in [3.63, 3.8) is 0 Å². The van der Waals surface area contributed by atoms with E-state index in [4.69, 9.17) is 15.2 Å². The number of ether oxygens (including phenoxy) is 2. The molecule has 0 aromatic heterocycles. The van der Waals surface area contributed by atoms with Crippen LogP contribution in [0.25, 0.3) is 0 Å². The van der Waals surface area contributed by atoms with Crippen molar-refractivity contribution in [1.82, 2.24) is 0 Å². The molecule has 2 N–H and O–H groups in total.